The maximum atomic E-state index is 12.9. The molecule has 2 rings (SSSR count). The van der Waals surface area contributed by atoms with Crippen molar-refractivity contribution in [3.05, 3.63) is 54.4 Å². The fourth-order valence-corrected chi connectivity index (χ4v) is 4.54. The molecule has 0 amide bonds. The molecule has 0 aliphatic heterocycles. The highest BCUT2D eigenvalue weighted by Gasteiger charge is 2.28. The number of sulfonamides is 1. The van der Waals surface area contributed by atoms with Crippen molar-refractivity contribution in [2.24, 2.45) is 0 Å². The minimum Gasteiger partial charge on any atom is -0.490 e. The summed E-state index contributed by atoms with van der Waals surface area (Å²) in [6.45, 7) is 5.36. The first-order valence-electron chi connectivity index (χ1n) is 7.54. The largest absolute Gasteiger partial charge is 0.490 e. The smallest absolute Gasteiger partial charge is 0.326 e. The van der Waals surface area contributed by atoms with Crippen molar-refractivity contribution in [1.82, 2.24) is 0 Å². The van der Waals surface area contributed by atoms with E-state index in [0.717, 1.165) is 15.6 Å². The summed E-state index contributed by atoms with van der Waals surface area (Å²) in [6.07, 6.45) is 1.61. The van der Waals surface area contributed by atoms with Gasteiger partial charge in [-0.25, -0.2) is 8.42 Å². The fraction of sp³-hybridized carbons (Fsp3) is 0.235. The van der Waals surface area contributed by atoms with Crippen LogP contribution in [0.1, 0.15) is 6.92 Å². The number of carbonyl (C=O) groups is 1. The molecule has 1 aromatic carbocycles. The summed E-state index contributed by atoms with van der Waals surface area (Å²) in [5.41, 5.74) is 0.354. The first-order valence-corrected chi connectivity index (χ1v) is 9.86. The number of esters is 1. The predicted molar refractivity (Wildman–Crippen MR) is 97.6 cm³/mol. The summed E-state index contributed by atoms with van der Waals surface area (Å²) in [5.74, 6) is -0.0390. The molecule has 6 nitrogen and oxygen atoms in total. The number of rotatable bonds is 9. The van der Waals surface area contributed by atoms with Gasteiger partial charge in [-0.15, -0.1) is 11.3 Å². The Labute approximate surface area is 151 Å². The standard InChI is InChI=1S/C17H19NO5S2/c1-3-11-23-15-9-7-14(8-10-15)18(13-16(19)22-4-2)25(20,21)17-6-5-12-24-17/h3,5-10,12H,1,4,11,13H2,2H3. The van der Waals surface area contributed by atoms with E-state index in [9.17, 15) is 13.2 Å². The normalized spacial score (nSPS) is 10.9. The zero-order valence-electron chi connectivity index (χ0n) is 13.8. The van der Waals surface area contributed by atoms with Gasteiger partial charge in [0, 0.05) is 0 Å². The van der Waals surface area contributed by atoms with Crippen molar-refractivity contribution in [1.29, 1.82) is 0 Å². The molecule has 0 atom stereocenters. The van der Waals surface area contributed by atoms with E-state index in [-0.39, 0.29) is 10.8 Å². The van der Waals surface area contributed by atoms with Crippen LogP contribution in [0.25, 0.3) is 0 Å². The van der Waals surface area contributed by atoms with E-state index in [1.807, 2.05) is 0 Å². The molecule has 25 heavy (non-hydrogen) atoms. The Hall–Kier alpha value is -2.32. The zero-order chi connectivity index (χ0) is 18.3. The molecule has 0 N–H and O–H groups in total. The van der Waals surface area contributed by atoms with Crippen molar-refractivity contribution in [2.75, 3.05) is 24.1 Å². The van der Waals surface area contributed by atoms with Gasteiger partial charge in [0.15, 0.2) is 0 Å². The second-order valence-electron chi connectivity index (χ2n) is 4.84. The Balaban J connectivity index is 2.34. The zero-order valence-corrected chi connectivity index (χ0v) is 15.4. The molecule has 0 fully saturated rings. The summed E-state index contributed by atoms with van der Waals surface area (Å²) in [7, 11) is -3.86. The van der Waals surface area contributed by atoms with Crippen molar-refractivity contribution in [3.63, 3.8) is 0 Å². The third-order valence-electron chi connectivity index (χ3n) is 3.11. The van der Waals surface area contributed by atoms with Crippen LogP contribution in [0.4, 0.5) is 5.69 Å². The molecule has 0 bridgehead atoms. The van der Waals surface area contributed by atoms with Gasteiger partial charge >= 0.3 is 5.97 Å². The Morgan fingerprint density at radius 3 is 2.56 bits per heavy atom. The molecule has 0 aliphatic carbocycles. The van der Waals surface area contributed by atoms with Crippen molar-refractivity contribution >= 4 is 33.0 Å². The first kappa shape index (κ1) is 19.0. The van der Waals surface area contributed by atoms with Gasteiger partial charge in [-0.3, -0.25) is 9.10 Å². The molecule has 0 aliphatic rings. The monoisotopic (exact) mass is 381 g/mol. The van der Waals surface area contributed by atoms with Crippen molar-refractivity contribution in [2.45, 2.75) is 11.1 Å². The van der Waals surface area contributed by atoms with E-state index in [1.54, 1.807) is 48.7 Å². The van der Waals surface area contributed by atoms with E-state index in [0.29, 0.717) is 18.0 Å². The van der Waals surface area contributed by atoms with Crippen LogP contribution < -0.4 is 9.04 Å². The lowest BCUT2D eigenvalue weighted by Crippen LogP contribution is -2.36. The molecule has 0 radical (unpaired) electrons. The molecule has 0 saturated heterocycles. The molecule has 0 spiro atoms. The van der Waals surface area contributed by atoms with Gasteiger partial charge in [-0.1, -0.05) is 18.7 Å². The fourth-order valence-electron chi connectivity index (χ4n) is 2.02. The second-order valence-corrected chi connectivity index (χ2v) is 7.88. The molecule has 1 aromatic heterocycles. The highest BCUT2D eigenvalue weighted by molar-refractivity contribution is 7.94. The summed E-state index contributed by atoms with van der Waals surface area (Å²) in [4.78, 5) is 11.9. The van der Waals surface area contributed by atoms with E-state index in [4.69, 9.17) is 9.47 Å². The molecule has 0 unspecified atom stereocenters. The number of carbonyl (C=O) groups excluding carboxylic acids is 1. The molecule has 0 saturated carbocycles. The number of hydrogen-bond acceptors (Lipinski definition) is 6. The Bertz CT molecular complexity index is 798. The maximum absolute atomic E-state index is 12.9. The average Bonchev–Trinajstić information content (AvgIpc) is 3.14. The van der Waals surface area contributed by atoms with Crippen LogP contribution in [0.15, 0.2) is 58.6 Å². The number of anilines is 1. The van der Waals surface area contributed by atoms with Gasteiger partial charge < -0.3 is 9.47 Å². The lowest BCUT2D eigenvalue weighted by Gasteiger charge is -2.23. The molecule has 1 heterocycles. The van der Waals surface area contributed by atoms with Gasteiger partial charge in [0.1, 0.15) is 23.1 Å². The summed E-state index contributed by atoms with van der Waals surface area (Å²) >= 11 is 1.09. The van der Waals surface area contributed by atoms with Crippen LogP contribution in [0.3, 0.4) is 0 Å². The summed E-state index contributed by atoms with van der Waals surface area (Å²) in [6, 6.07) is 9.60. The Morgan fingerprint density at radius 1 is 1.28 bits per heavy atom. The van der Waals surface area contributed by atoms with E-state index >= 15 is 0 Å². The molecule has 134 valence electrons. The quantitative estimate of drug-likeness (QED) is 0.493. The topological polar surface area (TPSA) is 72.9 Å². The minimum absolute atomic E-state index is 0.156. The SMILES string of the molecule is C=CCOc1ccc(N(CC(=O)OCC)S(=O)(=O)c2cccs2)cc1. The predicted octanol–water partition coefficient (Wildman–Crippen LogP) is 3.07. The highest BCUT2D eigenvalue weighted by Crippen LogP contribution is 2.28. The third kappa shape index (κ3) is 4.83. The van der Waals surface area contributed by atoms with Gasteiger partial charge in [0.05, 0.1) is 12.3 Å². The Morgan fingerprint density at radius 2 is 2.00 bits per heavy atom. The molecular formula is C17H19NO5S2. The van der Waals surface area contributed by atoms with Crippen LogP contribution >= 0.6 is 11.3 Å². The maximum Gasteiger partial charge on any atom is 0.326 e. The van der Waals surface area contributed by atoms with Crippen molar-refractivity contribution < 1.29 is 22.7 Å². The average molecular weight is 381 g/mol. The molecule has 8 heteroatoms. The van der Waals surface area contributed by atoms with E-state index in [1.165, 1.54) is 6.07 Å². The van der Waals surface area contributed by atoms with Gasteiger partial charge in [-0.2, -0.15) is 0 Å². The number of benzene rings is 1. The molecular weight excluding hydrogens is 362 g/mol. The van der Waals surface area contributed by atoms with Gasteiger partial charge in [-0.05, 0) is 42.6 Å². The number of thiophene rings is 1. The van der Waals surface area contributed by atoms with Crippen LogP contribution in [0, 0.1) is 0 Å². The Kier molecular flexibility index (Phi) is 6.60. The van der Waals surface area contributed by atoms with Crippen molar-refractivity contribution in [3.8, 4) is 5.75 Å². The number of nitrogens with zero attached hydrogens (tertiary/aromatic N) is 1. The highest BCUT2D eigenvalue weighted by atomic mass is 32.2. The number of ether oxygens (including phenoxy) is 2. The van der Waals surface area contributed by atoms with Gasteiger partial charge in [0.2, 0.25) is 0 Å². The van der Waals surface area contributed by atoms with Crippen LogP contribution in [0.2, 0.25) is 0 Å². The van der Waals surface area contributed by atoms with Crippen LogP contribution in [-0.4, -0.2) is 34.1 Å². The summed E-state index contributed by atoms with van der Waals surface area (Å²) < 4.78 is 37.2. The van der Waals surface area contributed by atoms with E-state index in [2.05, 4.69) is 6.58 Å². The molecule has 2 aromatic rings. The first-order chi connectivity index (χ1) is 12.0. The van der Waals surface area contributed by atoms with Gasteiger partial charge in [0.25, 0.3) is 10.0 Å². The van der Waals surface area contributed by atoms with Crippen LogP contribution in [-0.2, 0) is 19.6 Å². The second kappa shape index (κ2) is 8.68. The van der Waals surface area contributed by atoms with E-state index < -0.39 is 22.5 Å². The minimum atomic E-state index is -3.86. The lowest BCUT2D eigenvalue weighted by molar-refractivity contribution is -0.141. The summed E-state index contributed by atoms with van der Waals surface area (Å²) in [5, 5.41) is 1.67. The van der Waals surface area contributed by atoms with Crippen LogP contribution in [0.5, 0.6) is 5.75 Å². The third-order valence-corrected chi connectivity index (χ3v) is 6.26. The lowest BCUT2D eigenvalue weighted by atomic mass is 10.3. The number of hydrogen-bond donors (Lipinski definition) is 0.